The van der Waals surface area contributed by atoms with Crippen LogP contribution in [0.5, 0.6) is 11.5 Å². The Hall–Kier alpha value is -4.40. The molecule has 202 valence electrons. The highest BCUT2D eigenvalue weighted by Gasteiger charge is 2.37. The third kappa shape index (κ3) is 5.43. The first-order valence-corrected chi connectivity index (χ1v) is 13.2. The summed E-state index contributed by atoms with van der Waals surface area (Å²) < 4.78 is 12.8. The number of carbonyl (C=O) groups excluding carboxylic acids is 2. The number of hydrogen-bond donors (Lipinski definition) is 1. The van der Waals surface area contributed by atoms with E-state index in [2.05, 4.69) is 15.6 Å². The van der Waals surface area contributed by atoms with E-state index in [1.54, 1.807) is 37.1 Å². The third-order valence-electron chi connectivity index (χ3n) is 7.31. The lowest BCUT2D eigenvalue weighted by Gasteiger charge is -2.34. The van der Waals surface area contributed by atoms with Gasteiger partial charge in [0.25, 0.3) is 0 Å². The second-order valence-corrected chi connectivity index (χ2v) is 9.79. The zero-order chi connectivity index (χ0) is 27.4. The molecule has 0 radical (unpaired) electrons. The summed E-state index contributed by atoms with van der Waals surface area (Å²) in [5.74, 6) is 0.402. The standard InChI is InChI=1S/C30H33N5O4/c1-20-10-4-7-13-23(20)29(30(37)31-21-11-5-6-12-21)35(26-18-22(38-2)16-17-27(26)39-3)28(36)19-34-25-15-9-8-14-24(25)32-33-34/h4,7-10,13-18,21,29H,5-6,11-12,19H2,1-3H3,(H,31,37). The fourth-order valence-electron chi connectivity index (χ4n) is 5.28. The van der Waals surface area contributed by atoms with Crippen molar-refractivity contribution in [3.63, 3.8) is 0 Å². The number of nitrogens with one attached hydrogen (secondary N) is 1. The van der Waals surface area contributed by atoms with Gasteiger partial charge in [-0.05, 0) is 55.2 Å². The lowest BCUT2D eigenvalue weighted by molar-refractivity contribution is -0.127. The fourth-order valence-corrected chi connectivity index (χ4v) is 5.28. The maximum absolute atomic E-state index is 14.4. The molecule has 1 aliphatic carbocycles. The molecule has 1 unspecified atom stereocenters. The van der Waals surface area contributed by atoms with Crippen molar-refractivity contribution in [2.45, 2.75) is 51.2 Å². The number of benzene rings is 3. The van der Waals surface area contributed by atoms with E-state index in [-0.39, 0.29) is 24.4 Å². The molecule has 5 rings (SSSR count). The molecule has 1 saturated carbocycles. The van der Waals surface area contributed by atoms with Gasteiger partial charge in [0.15, 0.2) is 0 Å². The number of hydrogen-bond acceptors (Lipinski definition) is 6. The summed E-state index contributed by atoms with van der Waals surface area (Å²) in [5, 5.41) is 11.7. The van der Waals surface area contributed by atoms with Gasteiger partial charge in [-0.3, -0.25) is 14.5 Å². The molecule has 0 aliphatic heterocycles. The molecule has 2 amide bonds. The van der Waals surface area contributed by atoms with Gasteiger partial charge in [0.2, 0.25) is 11.8 Å². The number of methoxy groups -OCH3 is 2. The number of anilines is 1. The van der Waals surface area contributed by atoms with Crippen LogP contribution in [0.2, 0.25) is 0 Å². The maximum Gasteiger partial charge on any atom is 0.249 e. The van der Waals surface area contributed by atoms with Crippen molar-refractivity contribution in [1.82, 2.24) is 20.3 Å². The topological polar surface area (TPSA) is 98.6 Å². The zero-order valence-corrected chi connectivity index (χ0v) is 22.5. The van der Waals surface area contributed by atoms with Crippen molar-refractivity contribution in [3.05, 3.63) is 77.9 Å². The number of aryl methyl sites for hydroxylation is 1. The van der Waals surface area contributed by atoms with Crippen LogP contribution in [0.15, 0.2) is 66.7 Å². The fraction of sp³-hybridized carbons (Fsp3) is 0.333. The molecule has 39 heavy (non-hydrogen) atoms. The monoisotopic (exact) mass is 527 g/mol. The van der Waals surface area contributed by atoms with Crippen LogP contribution in [0, 0.1) is 6.92 Å². The van der Waals surface area contributed by atoms with Crippen LogP contribution in [0.1, 0.15) is 42.9 Å². The van der Waals surface area contributed by atoms with Crippen LogP contribution < -0.4 is 19.7 Å². The number of nitrogens with zero attached hydrogens (tertiary/aromatic N) is 4. The molecule has 1 atom stereocenters. The predicted molar refractivity (Wildman–Crippen MR) is 149 cm³/mol. The van der Waals surface area contributed by atoms with Crippen molar-refractivity contribution in [2.24, 2.45) is 0 Å². The molecule has 0 saturated heterocycles. The Morgan fingerprint density at radius 1 is 1.03 bits per heavy atom. The Balaban J connectivity index is 1.65. The predicted octanol–water partition coefficient (Wildman–Crippen LogP) is 4.59. The van der Waals surface area contributed by atoms with Crippen molar-refractivity contribution < 1.29 is 19.1 Å². The molecular weight excluding hydrogens is 494 g/mol. The highest BCUT2D eigenvalue weighted by molar-refractivity contribution is 6.03. The van der Waals surface area contributed by atoms with E-state index < -0.39 is 6.04 Å². The molecule has 9 heteroatoms. The summed E-state index contributed by atoms with van der Waals surface area (Å²) in [6.45, 7) is 1.82. The van der Waals surface area contributed by atoms with Gasteiger partial charge >= 0.3 is 0 Å². The van der Waals surface area contributed by atoms with E-state index in [0.717, 1.165) is 42.3 Å². The van der Waals surface area contributed by atoms with Gasteiger partial charge in [-0.1, -0.05) is 54.5 Å². The SMILES string of the molecule is COc1ccc(OC)c(N(C(=O)Cn2nnc3ccccc32)C(C(=O)NC2CCCC2)c2ccccc2C)c1. The van der Waals surface area contributed by atoms with Gasteiger partial charge < -0.3 is 14.8 Å². The second kappa shape index (κ2) is 11.6. The van der Waals surface area contributed by atoms with E-state index >= 15 is 0 Å². The molecular formula is C30H33N5O4. The van der Waals surface area contributed by atoms with E-state index in [9.17, 15) is 9.59 Å². The lowest BCUT2D eigenvalue weighted by atomic mass is 9.97. The lowest BCUT2D eigenvalue weighted by Crippen LogP contribution is -2.47. The number of aromatic nitrogens is 3. The number of para-hydroxylation sites is 1. The highest BCUT2D eigenvalue weighted by Crippen LogP contribution is 2.39. The number of ether oxygens (including phenoxy) is 2. The average molecular weight is 528 g/mol. The van der Waals surface area contributed by atoms with Gasteiger partial charge in [0.1, 0.15) is 29.6 Å². The van der Waals surface area contributed by atoms with Gasteiger partial charge in [0.05, 0.1) is 25.4 Å². The van der Waals surface area contributed by atoms with E-state index in [0.29, 0.717) is 22.7 Å². The van der Waals surface area contributed by atoms with Crippen molar-refractivity contribution in [1.29, 1.82) is 0 Å². The Bertz CT molecular complexity index is 1480. The van der Waals surface area contributed by atoms with Crippen molar-refractivity contribution in [3.8, 4) is 11.5 Å². The van der Waals surface area contributed by atoms with Crippen LogP contribution in [0.3, 0.4) is 0 Å². The number of fused-ring (bicyclic) bond motifs is 1. The summed E-state index contributed by atoms with van der Waals surface area (Å²) in [6, 6.07) is 19.5. The van der Waals surface area contributed by atoms with Gasteiger partial charge in [0, 0.05) is 12.1 Å². The first-order valence-electron chi connectivity index (χ1n) is 13.2. The molecule has 0 spiro atoms. The number of carbonyl (C=O) groups is 2. The summed E-state index contributed by atoms with van der Waals surface area (Å²) in [4.78, 5) is 30.0. The Morgan fingerprint density at radius 3 is 2.51 bits per heavy atom. The molecule has 1 aliphatic rings. The van der Waals surface area contributed by atoms with Crippen molar-refractivity contribution >= 4 is 28.5 Å². The Kier molecular flexibility index (Phi) is 7.76. The largest absolute Gasteiger partial charge is 0.497 e. The normalized spacial score (nSPS) is 14.2. The molecule has 1 fully saturated rings. The highest BCUT2D eigenvalue weighted by atomic mass is 16.5. The van der Waals surface area contributed by atoms with Crippen LogP contribution in [0.25, 0.3) is 11.0 Å². The third-order valence-corrected chi connectivity index (χ3v) is 7.31. The smallest absolute Gasteiger partial charge is 0.249 e. The minimum Gasteiger partial charge on any atom is -0.497 e. The van der Waals surface area contributed by atoms with E-state index in [1.807, 2.05) is 55.5 Å². The molecule has 1 heterocycles. The van der Waals surface area contributed by atoms with Crippen LogP contribution in [-0.4, -0.2) is 47.1 Å². The van der Waals surface area contributed by atoms with Crippen LogP contribution in [-0.2, 0) is 16.1 Å². The van der Waals surface area contributed by atoms with Gasteiger partial charge in [-0.25, -0.2) is 4.68 Å². The minimum absolute atomic E-state index is 0.0763. The van der Waals surface area contributed by atoms with Gasteiger partial charge in [-0.2, -0.15) is 0 Å². The van der Waals surface area contributed by atoms with E-state index in [4.69, 9.17) is 9.47 Å². The molecule has 9 nitrogen and oxygen atoms in total. The molecule has 1 aromatic heterocycles. The van der Waals surface area contributed by atoms with E-state index in [1.165, 1.54) is 4.90 Å². The molecule has 0 bridgehead atoms. The molecule has 4 aromatic rings. The van der Waals surface area contributed by atoms with Gasteiger partial charge in [-0.15, -0.1) is 5.10 Å². The first-order chi connectivity index (χ1) is 19.0. The van der Waals surface area contributed by atoms with Crippen molar-refractivity contribution in [2.75, 3.05) is 19.1 Å². The summed E-state index contributed by atoms with van der Waals surface area (Å²) in [5.41, 5.74) is 3.47. The summed E-state index contributed by atoms with van der Waals surface area (Å²) in [7, 11) is 3.10. The summed E-state index contributed by atoms with van der Waals surface area (Å²) in [6.07, 6.45) is 4.00. The quantitative estimate of drug-likeness (QED) is 0.342. The van der Waals surface area contributed by atoms with Crippen LogP contribution in [0.4, 0.5) is 5.69 Å². The minimum atomic E-state index is -0.949. The molecule has 3 aromatic carbocycles. The zero-order valence-electron chi connectivity index (χ0n) is 22.5. The Labute approximate surface area is 227 Å². The first kappa shape index (κ1) is 26.2. The second-order valence-electron chi connectivity index (χ2n) is 9.79. The summed E-state index contributed by atoms with van der Waals surface area (Å²) >= 11 is 0. The average Bonchev–Trinajstić information content (AvgIpc) is 3.62. The molecule has 1 N–H and O–H groups in total. The Morgan fingerprint density at radius 2 is 1.77 bits per heavy atom. The number of amides is 2. The number of rotatable bonds is 9. The van der Waals surface area contributed by atoms with Crippen LogP contribution >= 0.6 is 0 Å². The maximum atomic E-state index is 14.4.